The second-order valence-electron chi connectivity index (χ2n) is 15.2. The number of nitrogens with one attached hydrogen (secondary N) is 1. The maximum absolute atomic E-state index is 13.6. The Bertz CT molecular complexity index is 1730. The summed E-state index contributed by atoms with van der Waals surface area (Å²) in [5, 5.41) is 12.2. The molecule has 1 saturated heterocycles. The summed E-state index contributed by atoms with van der Waals surface area (Å²) in [5.74, 6) is -0.674. The number of pyridine rings is 1. The van der Waals surface area contributed by atoms with Crippen molar-refractivity contribution in [3.63, 3.8) is 0 Å². The molecule has 0 bridgehead atoms. The van der Waals surface area contributed by atoms with Crippen molar-refractivity contribution in [1.82, 2.24) is 15.2 Å². The standard InChI is InChI=1S/C32H37N3O7.C7H14O2/c1-31(2,3)42-30(38)35-19-22(17-26(35)28(36)34-32(14-9-15-32)29(37)40-5)41-27-18-24(20-10-7-6-8-11-20)33-25-16-21(39-4)12-13-23(25)27;1-5(6(8)9)7(2,3)4/h6-8,10-13,16,18,22,26H,9,14-15,17,19H2,1-5H3,(H,34,36);5H,1-4H3,(H,8,9)/t22?,26-;5-/m01/s1. The Morgan fingerprint density at radius 2 is 1.65 bits per heavy atom. The molecule has 1 aliphatic heterocycles. The number of benzene rings is 2. The molecule has 1 saturated carbocycles. The van der Waals surface area contributed by atoms with Crippen LogP contribution < -0.4 is 14.8 Å². The largest absolute Gasteiger partial charge is 0.497 e. The minimum absolute atomic E-state index is 0.119. The number of methoxy groups -OCH3 is 2. The molecule has 1 aromatic heterocycles. The van der Waals surface area contributed by atoms with Crippen LogP contribution in [0.5, 0.6) is 11.5 Å². The Morgan fingerprint density at radius 1 is 0.980 bits per heavy atom. The number of hydrogen-bond acceptors (Lipinski definition) is 9. The summed E-state index contributed by atoms with van der Waals surface area (Å²) in [6, 6.07) is 16.3. The number of esters is 1. The van der Waals surface area contributed by atoms with Gasteiger partial charge >= 0.3 is 18.0 Å². The van der Waals surface area contributed by atoms with Gasteiger partial charge in [-0.1, -0.05) is 58.0 Å². The molecule has 12 heteroatoms. The smallest absolute Gasteiger partial charge is 0.411 e. The fraction of sp³-hybridized carbons (Fsp3) is 0.513. The van der Waals surface area contributed by atoms with Crippen molar-refractivity contribution in [3.05, 3.63) is 54.6 Å². The molecule has 3 atom stereocenters. The number of likely N-dealkylation sites (tertiary alicyclic amines) is 1. The highest BCUT2D eigenvalue weighted by Crippen LogP contribution is 2.36. The molecule has 276 valence electrons. The first-order valence-corrected chi connectivity index (χ1v) is 17.2. The molecule has 3 aromatic rings. The first-order chi connectivity index (χ1) is 23.9. The van der Waals surface area contributed by atoms with Gasteiger partial charge in [0.05, 0.1) is 37.9 Å². The zero-order valence-electron chi connectivity index (χ0n) is 31.1. The average molecular weight is 706 g/mol. The van der Waals surface area contributed by atoms with Crippen LogP contribution in [0, 0.1) is 11.3 Å². The molecule has 2 fully saturated rings. The van der Waals surface area contributed by atoms with E-state index < -0.39 is 47.2 Å². The number of carbonyl (C=O) groups excluding carboxylic acids is 3. The summed E-state index contributed by atoms with van der Waals surface area (Å²) in [6.45, 7) is 12.9. The van der Waals surface area contributed by atoms with Gasteiger partial charge in [-0.05, 0) is 57.6 Å². The maximum Gasteiger partial charge on any atom is 0.411 e. The highest BCUT2D eigenvalue weighted by atomic mass is 16.6. The first-order valence-electron chi connectivity index (χ1n) is 17.2. The molecule has 12 nitrogen and oxygen atoms in total. The molecule has 2 heterocycles. The van der Waals surface area contributed by atoms with E-state index in [-0.39, 0.29) is 24.3 Å². The Balaban J connectivity index is 0.000000573. The molecule has 2 aromatic carbocycles. The monoisotopic (exact) mass is 705 g/mol. The van der Waals surface area contributed by atoms with Crippen LogP contribution in [0.4, 0.5) is 4.79 Å². The number of ether oxygens (including phenoxy) is 4. The summed E-state index contributed by atoms with van der Waals surface area (Å²) < 4.78 is 22.6. The Morgan fingerprint density at radius 3 is 2.16 bits per heavy atom. The second kappa shape index (κ2) is 15.6. The number of fused-ring (bicyclic) bond motifs is 1. The Labute approximate surface area is 299 Å². The van der Waals surface area contributed by atoms with E-state index in [9.17, 15) is 19.2 Å². The quantitative estimate of drug-likeness (QED) is 0.244. The third-order valence-corrected chi connectivity index (χ3v) is 9.35. The third-order valence-electron chi connectivity index (χ3n) is 9.35. The van der Waals surface area contributed by atoms with E-state index in [1.165, 1.54) is 12.0 Å². The van der Waals surface area contributed by atoms with Gasteiger partial charge in [0.2, 0.25) is 5.91 Å². The Hall–Kier alpha value is -4.87. The predicted molar refractivity (Wildman–Crippen MR) is 192 cm³/mol. The van der Waals surface area contributed by atoms with Crippen molar-refractivity contribution in [2.75, 3.05) is 20.8 Å². The van der Waals surface area contributed by atoms with Crippen LogP contribution in [0.25, 0.3) is 22.2 Å². The number of aliphatic carboxylic acids is 1. The van der Waals surface area contributed by atoms with Crippen LogP contribution in [0.1, 0.15) is 74.1 Å². The number of hydrogen-bond donors (Lipinski definition) is 2. The van der Waals surface area contributed by atoms with Crippen molar-refractivity contribution in [3.8, 4) is 22.8 Å². The van der Waals surface area contributed by atoms with Gasteiger partial charge in [-0.15, -0.1) is 0 Å². The zero-order chi connectivity index (χ0) is 37.7. The highest BCUT2D eigenvalue weighted by molar-refractivity contribution is 5.93. The van der Waals surface area contributed by atoms with Crippen LogP contribution in [-0.2, 0) is 23.9 Å². The van der Waals surface area contributed by atoms with Gasteiger partial charge < -0.3 is 29.4 Å². The molecule has 0 radical (unpaired) electrons. The van der Waals surface area contributed by atoms with Gasteiger partial charge in [0.25, 0.3) is 0 Å². The van der Waals surface area contributed by atoms with E-state index in [0.717, 1.165) is 17.4 Å². The molecule has 1 unspecified atom stereocenters. The van der Waals surface area contributed by atoms with Crippen molar-refractivity contribution in [2.24, 2.45) is 11.3 Å². The number of carboxylic acid groups (broad SMARTS) is 1. The maximum atomic E-state index is 13.6. The third kappa shape index (κ3) is 9.47. The lowest BCUT2D eigenvalue weighted by Crippen LogP contribution is -2.62. The van der Waals surface area contributed by atoms with E-state index in [4.69, 9.17) is 29.0 Å². The van der Waals surface area contributed by atoms with E-state index in [2.05, 4.69) is 5.32 Å². The zero-order valence-corrected chi connectivity index (χ0v) is 31.1. The summed E-state index contributed by atoms with van der Waals surface area (Å²) in [4.78, 5) is 56.0. The predicted octanol–water partition coefficient (Wildman–Crippen LogP) is 6.63. The van der Waals surface area contributed by atoms with E-state index >= 15 is 0 Å². The number of nitrogens with zero attached hydrogens (tertiary/aromatic N) is 2. The summed E-state index contributed by atoms with van der Waals surface area (Å²) in [7, 11) is 2.90. The van der Waals surface area contributed by atoms with Gasteiger partial charge in [-0.25, -0.2) is 14.6 Å². The molecule has 2 N–H and O–H groups in total. The first kappa shape index (κ1) is 38.9. The van der Waals surface area contributed by atoms with Crippen LogP contribution in [0.15, 0.2) is 54.6 Å². The minimum Gasteiger partial charge on any atom is -0.497 e. The summed E-state index contributed by atoms with van der Waals surface area (Å²) >= 11 is 0. The number of amides is 2. The molecular formula is C39H51N3O9. The fourth-order valence-electron chi connectivity index (χ4n) is 5.79. The molecule has 5 rings (SSSR count). The van der Waals surface area contributed by atoms with E-state index in [0.29, 0.717) is 35.6 Å². The molecule has 2 aliphatic rings. The molecular weight excluding hydrogens is 654 g/mol. The van der Waals surface area contributed by atoms with Crippen LogP contribution in [0.3, 0.4) is 0 Å². The normalized spacial score (nSPS) is 18.7. The number of rotatable bonds is 8. The lowest BCUT2D eigenvalue weighted by molar-refractivity contribution is -0.155. The topological polar surface area (TPSA) is 154 Å². The number of carbonyl (C=O) groups is 4. The average Bonchev–Trinajstić information content (AvgIpc) is 3.49. The van der Waals surface area contributed by atoms with Gasteiger partial charge in [0.1, 0.15) is 34.8 Å². The lowest BCUT2D eigenvalue weighted by Gasteiger charge is -2.40. The minimum atomic E-state index is -1.07. The Kier molecular flexibility index (Phi) is 11.9. The molecule has 2 amide bonds. The van der Waals surface area contributed by atoms with Gasteiger partial charge in [-0.2, -0.15) is 0 Å². The molecule has 0 spiro atoms. The van der Waals surface area contributed by atoms with Crippen LogP contribution >= 0.6 is 0 Å². The summed E-state index contributed by atoms with van der Waals surface area (Å²) in [5.41, 5.74) is 0.365. The summed E-state index contributed by atoms with van der Waals surface area (Å²) in [6.07, 6.45) is 0.830. The van der Waals surface area contributed by atoms with Crippen LogP contribution in [-0.4, -0.2) is 83.0 Å². The highest BCUT2D eigenvalue weighted by Gasteiger charge is 2.50. The number of aromatic nitrogens is 1. The van der Waals surface area contributed by atoms with Gasteiger partial charge in [0.15, 0.2) is 0 Å². The molecule has 51 heavy (non-hydrogen) atoms. The van der Waals surface area contributed by atoms with E-state index in [1.54, 1.807) is 34.8 Å². The van der Waals surface area contributed by atoms with Crippen molar-refractivity contribution >= 4 is 34.8 Å². The molecule has 1 aliphatic carbocycles. The van der Waals surface area contributed by atoms with Crippen molar-refractivity contribution < 1.29 is 43.2 Å². The fourth-order valence-corrected chi connectivity index (χ4v) is 5.79. The SMILES string of the molecule is COC(=O)C1(NC(=O)[C@@H]2CC(Oc3cc(-c4ccccc4)nc4cc(OC)ccc34)CN2C(=O)OC(C)(C)C)CCC1.C[C@H](C(=O)O)C(C)(C)C. The van der Waals surface area contributed by atoms with Crippen LogP contribution in [0.2, 0.25) is 0 Å². The van der Waals surface area contributed by atoms with Crippen molar-refractivity contribution in [1.29, 1.82) is 0 Å². The van der Waals surface area contributed by atoms with Gasteiger partial charge in [-0.3, -0.25) is 14.5 Å². The lowest BCUT2D eigenvalue weighted by atomic mass is 9.76. The van der Waals surface area contributed by atoms with Crippen molar-refractivity contribution in [2.45, 2.75) is 97.4 Å². The van der Waals surface area contributed by atoms with Gasteiger partial charge in [0, 0.05) is 29.5 Å². The number of carboxylic acids is 1. The van der Waals surface area contributed by atoms with E-state index in [1.807, 2.05) is 75.4 Å². The second-order valence-corrected chi connectivity index (χ2v) is 15.2.